The molecule has 1 saturated heterocycles. The van der Waals surface area contributed by atoms with Crippen LogP contribution in [0.2, 0.25) is 0 Å². The van der Waals surface area contributed by atoms with Crippen molar-refractivity contribution in [1.82, 2.24) is 4.90 Å². The van der Waals surface area contributed by atoms with Crippen LogP contribution in [0, 0.1) is 5.92 Å². The maximum atomic E-state index is 12.3. The molecule has 1 aliphatic heterocycles. The van der Waals surface area contributed by atoms with E-state index in [1.165, 1.54) is 0 Å². The highest BCUT2D eigenvalue weighted by molar-refractivity contribution is 5.89. The third-order valence-electron chi connectivity index (χ3n) is 5.03. The fourth-order valence-electron chi connectivity index (χ4n) is 3.31. The van der Waals surface area contributed by atoms with E-state index >= 15 is 0 Å². The third-order valence-corrected chi connectivity index (χ3v) is 5.03. The SMILES string of the molecule is CCCOc1ccc(OCCOC(=O)C2CCN(C(=O)Nc3ccccc3)CC2)cc1. The lowest BCUT2D eigenvalue weighted by atomic mass is 9.97. The number of amides is 2. The number of esters is 1. The molecule has 0 radical (unpaired) electrons. The zero-order valence-corrected chi connectivity index (χ0v) is 17.9. The van der Waals surface area contributed by atoms with Gasteiger partial charge in [-0.05, 0) is 55.7 Å². The van der Waals surface area contributed by atoms with Crippen molar-refractivity contribution < 1.29 is 23.8 Å². The highest BCUT2D eigenvalue weighted by atomic mass is 16.6. The van der Waals surface area contributed by atoms with E-state index in [-0.39, 0.29) is 24.5 Å². The minimum absolute atomic E-state index is 0.141. The summed E-state index contributed by atoms with van der Waals surface area (Å²) in [6.45, 7) is 4.29. The first-order valence-corrected chi connectivity index (χ1v) is 10.8. The summed E-state index contributed by atoms with van der Waals surface area (Å²) >= 11 is 0. The summed E-state index contributed by atoms with van der Waals surface area (Å²) in [6.07, 6.45) is 2.16. The number of urea groups is 1. The number of likely N-dealkylation sites (tertiary alicyclic amines) is 1. The average molecular weight is 427 g/mol. The van der Waals surface area contributed by atoms with Gasteiger partial charge in [-0.2, -0.15) is 0 Å². The predicted molar refractivity (Wildman–Crippen MR) is 118 cm³/mol. The summed E-state index contributed by atoms with van der Waals surface area (Å²) in [5.41, 5.74) is 0.761. The predicted octanol–water partition coefficient (Wildman–Crippen LogP) is 4.34. The fourth-order valence-corrected chi connectivity index (χ4v) is 3.31. The number of nitrogens with one attached hydrogen (secondary N) is 1. The summed E-state index contributed by atoms with van der Waals surface area (Å²) in [5.74, 6) is 1.10. The molecule has 0 bridgehead atoms. The molecule has 2 amide bonds. The minimum atomic E-state index is -0.227. The van der Waals surface area contributed by atoms with Gasteiger partial charge in [-0.25, -0.2) is 4.79 Å². The minimum Gasteiger partial charge on any atom is -0.494 e. The number of nitrogens with zero attached hydrogens (tertiary/aromatic N) is 1. The van der Waals surface area contributed by atoms with E-state index in [2.05, 4.69) is 12.2 Å². The maximum Gasteiger partial charge on any atom is 0.321 e. The Morgan fingerprint density at radius 2 is 1.52 bits per heavy atom. The number of para-hydroxylation sites is 1. The van der Waals surface area contributed by atoms with Crippen molar-refractivity contribution in [3.8, 4) is 11.5 Å². The van der Waals surface area contributed by atoms with Crippen LogP contribution in [0.15, 0.2) is 54.6 Å². The van der Waals surface area contributed by atoms with Gasteiger partial charge in [0.2, 0.25) is 0 Å². The summed E-state index contributed by atoms with van der Waals surface area (Å²) in [5, 5.41) is 2.87. The second kappa shape index (κ2) is 11.8. The Morgan fingerprint density at radius 1 is 0.903 bits per heavy atom. The lowest BCUT2D eigenvalue weighted by molar-refractivity contribution is -0.150. The summed E-state index contributed by atoms with van der Waals surface area (Å²) in [7, 11) is 0. The number of hydrogen-bond acceptors (Lipinski definition) is 5. The Hall–Kier alpha value is -3.22. The van der Waals surface area contributed by atoms with E-state index in [0.717, 1.165) is 17.9 Å². The van der Waals surface area contributed by atoms with E-state index in [4.69, 9.17) is 14.2 Å². The molecule has 1 heterocycles. The van der Waals surface area contributed by atoms with Crippen molar-refractivity contribution in [1.29, 1.82) is 0 Å². The Morgan fingerprint density at radius 3 is 2.13 bits per heavy atom. The van der Waals surface area contributed by atoms with Gasteiger partial charge in [0.25, 0.3) is 0 Å². The molecule has 0 saturated carbocycles. The molecule has 0 unspecified atom stereocenters. The fraction of sp³-hybridized carbons (Fsp3) is 0.417. The van der Waals surface area contributed by atoms with E-state index in [1.54, 1.807) is 4.90 Å². The smallest absolute Gasteiger partial charge is 0.321 e. The van der Waals surface area contributed by atoms with Crippen LogP contribution in [0.25, 0.3) is 0 Å². The summed E-state index contributed by atoms with van der Waals surface area (Å²) in [4.78, 5) is 26.4. The van der Waals surface area contributed by atoms with Crippen LogP contribution in [-0.2, 0) is 9.53 Å². The number of piperidine rings is 1. The standard InChI is InChI=1S/C24H30N2O5/c1-2-16-29-21-8-10-22(11-9-21)30-17-18-31-23(27)19-12-14-26(15-13-19)24(28)25-20-6-4-3-5-7-20/h3-11,19H,2,12-18H2,1H3,(H,25,28). The Balaban J connectivity index is 1.31. The lowest BCUT2D eigenvalue weighted by Gasteiger charge is -2.31. The Labute approximate surface area is 183 Å². The molecule has 7 nitrogen and oxygen atoms in total. The van der Waals surface area contributed by atoms with Crippen molar-refractivity contribution in [3.63, 3.8) is 0 Å². The number of hydrogen-bond donors (Lipinski definition) is 1. The molecule has 0 aliphatic carbocycles. The molecular formula is C24H30N2O5. The highest BCUT2D eigenvalue weighted by Gasteiger charge is 2.28. The van der Waals surface area contributed by atoms with Crippen LogP contribution in [0.5, 0.6) is 11.5 Å². The average Bonchev–Trinajstić information content (AvgIpc) is 2.82. The zero-order valence-electron chi connectivity index (χ0n) is 17.9. The number of carbonyl (C=O) groups is 2. The number of benzene rings is 2. The molecule has 1 fully saturated rings. The first-order chi connectivity index (χ1) is 15.2. The van der Waals surface area contributed by atoms with Gasteiger partial charge in [-0.1, -0.05) is 25.1 Å². The van der Waals surface area contributed by atoms with Crippen LogP contribution >= 0.6 is 0 Å². The van der Waals surface area contributed by atoms with E-state index < -0.39 is 0 Å². The number of anilines is 1. The molecule has 31 heavy (non-hydrogen) atoms. The van der Waals surface area contributed by atoms with Crippen LogP contribution in [0.3, 0.4) is 0 Å². The summed E-state index contributed by atoms with van der Waals surface area (Å²) in [6, 6.07) is 16.6. The third kappa shape index (κ3) is 7.20. The lowest BCUT2D eigenvalue weighted by Crippen LogP contribution is -2.42. The topological polar surface area (TPSA) is 77.1 Å². The van der Waals surface area contributed by atoms with Gasteiger partial charge in [-0.15, -0.1) is 0 Å². The second-order valence-corrected chi connectivity index (χ2v) is 7.39. The summed E-state index contributed by atoms with van der Waals surface area (Å²) < 4.78 is 16.5. The van der Waals surface area contributed by atoms with Gasteiger partial charge in [0, 0.05) is 18.8 Å². The molecular weight excluding hydrogens is 396 g/mol. The number of carbonyl (C=O) groups excluding carboxylic acids is 2. The molecule has 2 aromatic carbocycles. The Bertz CT molecular complexity index is 818. The zero-order chi connectivity index (χ0) is 21.9. The molecule has 7 heteroatoms. The first kappa shape index (κ1) is 22.5. The molecule has 1 aliphatic rings. The van der Waals surface area contributed by atoms with Crippen LogP contribution in [-0.4, -0.2) is 49.8 Å². The van der Waals surface area contributed by atoms with Crippen LogP contribution in [0.1, 0.15) is 26.2 Å². The monoisotopic (exact) mass is 426 g/mol. The maximum absolute atomic E-state index is 12.3. The molecule has 166 valence electrons. The van der Waals surface area contributed by atoms with E-state index in [0.29, 0.717) is 44.9 Å². The van der Waals surface area contributed by atoms with Crippen molar-refractivity contribution in [2.45, 2.75) is 26.2 Å². The van der Waals surface area contributed by atoms with E-state index in [1.807, 2.05) is 54.6 Å². The van der Waals surface area contributed by atoms with Gasteiger partial charge < -0.3 is 24.4 Å². The number of rotatable bonds is 9. The van der Waals surface area contributed by atoms with Crippen LogP contribution in [0.4, 0.5) is 10.5 Å². The van der Waals surface area contributed by atoms with Crippen molar-refractivity contribution >= 4 is 17.7 Å². The van der Waals surface area contributed by atoms with Crippen molar-refractivity contribution in [2.24, 2.45) is 5.92 Å². The number of ether oxygens (including phenoxy) is 3. The molecule has 0 spiro atoms. The first-order valence-electron chi connectivity index (χ1n) is 10.8. The highest BCUT2D eigenvalue weighted by Crippen LogP contribution is 2.20. The second-order valence-electron chi connectivity index (χ2n) is 7.39. The van der Waals surface area contributed by atoms with Crippen molar-refractivity contribution in [2.75, 3.05) is 38.2 Å². The van der Waals surface area contributed by atoms with Gasteiger partial charge in [-0.3, -0.25) is 4.79 Å². The van der Waals surface area contributed by atoms with Gasteiger partial charge in [0.1, 0.15) is 24.7 Å². The van der Waals surface area contributed by atoms with Crippen LogP contribution < -0.4 is 14.8 Å². The molecule has 3 rings (SSSR count). The van der Waals surface area contributed by atoms with Crippen molar-refractivity contribution in [3.05, 3.63) is 54.6 Å². The Kier molecular flexibility index (Phi) is 8.58. The van der Waals surface area contributed by atoms with Gasteiger partial charge >= 0.3 is 12.0 Å². The normalized spacial score (nSPS) is 14.0. The van der Waals surface area contributed by atoms with E-state index in [9.17, 15) is 9.59 Å². The van der Waals surface area contributed by atoms with Gasteiger partial charge in [0.15, 0.2) is 0 Å². The molecule has 0 aromatic heterocycles. The molecule has 1 N–H and O–H groups in total. The molecule has 0 atom stereocenters. The molecule has 2 aromatic rings. The largest absolute Gasteiger partial charge is 0.494 e. The van der Waals surface area contributed by atoms with Gasteiger partial charge in [0.05, 0.1) is 12.5 Å². The quantitative estimate of drug-likeness (QED) is 0.477.